The van der Waals surface area contributed by atoms with E-state index in [0.717, 1.165) is 31.7 Å². The summed E-state index contributed by atoms with van der Waals surface area (Å²) in [6.45, 7) is 3.41. The van der Waals surface area contributed by atoms with Crippen LogP contribution in [0.2, 0.25) is 10.0 Å². The summed E-state index contributed by atoms with van der Waals surface area (Å²) in [6.07, 6.45) is 0. The van der Waals surface area contributed by atoms with E-state index < -0.39 is 17.2 Å². The van der Waals surface area contributed by atoms with Gasteiger partial charge in [0, 0.05) is 10.1 Å². The summed E-state index contributed by atoms with van der Waals surface area (Å²) in [7, 11) is 0. The zero-order chi connectivity index (χ0) is 23.2. The molecule has 0 unspecified atom stereocenters. The molecule has 4 rings (SSSR count). The normalized spacial score (nSPS) is 11.0. The Bertz CT molecular complexity index is 1500. The number of fused-ring (bicyclic) bond motifs is 1. The molecule has 4 aromatic rings. The lowest BCUT2D eigenvalue weighted by molar-refractivity contribution is 0.103. The molecule has 1 N–H and O–H groups in total. The van der Waals surface area contributed by atoms with E-state index in [1.54, 1.807) is 18.2 Å². The Morgan fingerprint density at radius 3 is 2.47 bits per heavy atom. The van der Waals surface area contributed by atoms with Gasteiger partial charge in [-0.3, -0.25) is 14.2 Å². The molecular formula is C24H16Cl2N2O3S. The van der Waals surface area contributed by atoms with E-state index in [9.17, 15) is 20.0 Å². The SMILES string of the molecule is Cc1ccc(Cn2c(O)c(C(=O)c3sc4cccc(Cl)c4c3Cl)c(C)c(C#N)c2=O)cc1. The molecule has 0 aliphatic carbocycles. The summed E-state index contributed by atoms with van der Waals surface area (Å²) < 4.78 is 1.76. The first kappa shape index (κ1) is 22.1. The maximum atomic E-state index is 13.5. The van der Waals surface area contributed by atoms with Gasteiger partial charge >= 0.3 is 0 Å². The zero-order valence-corrected chi connectivity index (χ0v) is 19.4. The van der Waals surface area contributed by atoms with Crippen LogP contribution >= 0.6 is 34.5 Å². The highest BCUT2D eigenvalue weighted by Crippen LogP contribution is 2.41. The number of aromatic nitrogens is 1. The van der Waals surface area contributed by atoms with E-state index in [4.69, 9.17) is 23.2 Å². The van der Waals surface area contributed by atoms with Crippen molar-refractivity contribution in [1.82, 2.24) is 4.57 Å². The first-order chi connectivity index (χ1) is 15.2. The fraction of sp³-hybridized carbons (Fsp3) is 0.125. The average molecular weight is 483 g/mol. The molecule has 8 heteroatoms. The van der Waals surface area contributed by atoms with E-state index in [2.05, 4.69) is 0 Å². The smallest absolute Gasteiger partial charge is 0.271 e. The van der Waals surface area contributed by atoms with Gasteiger partial charge in [0.1, 0.15) is 11.6 Å². The quantitative estimate of drug-likeness (QED) is 0.370. The predicted octanol–water partition coefficient (Wildman–Crippen LogP) is 5.84. The van der Waals surface area contributed by atoms with Crippen molar-refractivity contribution in [3.8, 4) is 11.9 Å². The highest BCUT2D eigenvalue weighted by atomic mass is 35.5. The largest absolute Gasteiger partial charge is 0.494 e. The second-order valence-corrected chi connectivity index (χ2v) is 9.21. The van der Waals surface area contributed by atoms with Crippen LogP contribution in [0.15, 0.2) is 47.3 Å². The van der Waals surface area contributed by atoms with Gasteiger partial charge in [-0.2, -0.15) is 5.26 Å². The van der Waals surface area contributed by atoms with Crippen LogP contribution in [0.4, 0.5) is 0 Å². The van der Waals surface area contributed by atoms with Crippen molar-refractivity contribution < 1.29 is 9.90 Å². The number of rotatable bonds is 4. The average Bonchev–Trinajstić information content (AvgIpc) is 3.10. The van der Waals surface area contributed by atoms with Gasteiger partial charge < -0.3 is 5.11 Å². The number of thiophene rings is 1. The number of carbonyl (C=O) groups is 1. The van der Waals surface area contributed by atoms with Crippen molar-refractivity contribution in [3.63, 3.8) is 0 Å². The van der Waals surface area contributed by atoms with Crippen LogP contribution in [-0.2, 0) is 6.54 Å². The maximum absolute atomic E-state index is 13.5. The number of hydrogen-bond acceptors (Lipinski definition) is 5. The molecule has 0 atom stereocenters. The van der Waals surface area contributed by atoms with Gasteiger partial charge in [0.2, 0.25) is 11.7 Å². The minimum atomic E-state index is -0.662. The van der Waals surface area contributed by atoms with Gasteiger partial charge in [0.05, 0.1) is 27.0 Å². The van der Waals surface area contributed by atoms with Gasteiger partial charge in [-0.1, -0.05) is 59.1 Å². The number of pyridine rings is 1. The van der Waals surface area contributed by atoms with Crippen molar-refractivity contribution in [3.05, 3.63) is 95.6 Å². The maximum Gasteiger partial charge on any atom is 0.271 e. The molecule has 0 fully saturated rings. The van der Waals surface area contributed by atoms with Crippen LogP contribution in [0.25, 0.3) is 10.1 Å². The summed E-state index contributed by atoms with van der Waals surface area (Å²) in [5.74, 6) is -1.08. The lowest BCUT2D eigenvalue weighted by Gasteiger charge is -2.15. The molecule has 5 nitrogen and oxygen atoms in total. The topological polar surface area (TPSA) is 83.1 Å². The van der Waals surface area contributed by atoms with E-state index in [1.807, 2.05) is 37.3 Å². The first-order valence-electron chi connectivity index (χ1n) is 9.57. The van der Waals surface area contributed by atoms with Crippen LogP contribution in [0, 0.1) is 25.2 Å². The van der Waals surface area contributed by atoms with E-state index in [0.29, 0.717) is 10.4 Å². The molecule has 0 saturated carbocycles. The highest BCUT2D eigenvalue weighted by molar-refractivity contribution is 7.22. The summed E-state index contributed by atoms with van der Waals surface area (Å²) in [5, 5.41) is 21.7. The fourth-order valence-corrected chi connectivity index (χ4v) is 5.48. The minimum absolute atomic E-state index is 0.00611. The van der Waals surface area contributed by atoms with Crippen LogP contribution in [-0.4, -0.2) is 15.5 Å². The number of nitriles is 1. The highest BCUT2D eigenvalue weighted by Gasteiger charge is 2.28. The zero-order valence-electron chi connectivity index (χ0n) is 17.1. The van der Waals surface area contributed by atoms with Crippen molar-refractivity contribution in [2.45, 2.75) is 20.4 Å². The monoisotopic (exact) mass is 482 g/mol. The van der Waals surface area contributed by atoms with Crippen molar-refractivity contribution in [1.29, 1.82) is 5.26 Å². The van der Waals surface area contributed by atoms with Gasteiger partial charge in [-0.15, -0.1) is 11.3 Å². The molecule has 2 aromatic heterocycles. The predicted molar refractivity (Wildman–Crippen MR) is 127 cm³/mol. The second-order valence-electron chi connectivity index (χ2n) is 7.37. The molecule has 0 spiro atoms. The lowest BCUT2D eigenvalue weighted by atomic mass is 10.00. The third-order valence-electron chi connectivity index (χ3n) is 5.30. The third-order valence-corrected chi connectivity index (χ3v) is 7.26. The number of aromatic hydroxyl groups is 1. The second kappa shape index (κ2) is 8.44. The van der Waals surface area contributed by atoms with Crippen molar-refractivity contribution in [2.24, 2.45) is 0 Å². The molecule has 0 aliphatic rings. The van der Waals surface area contributed by atoms with Gasteiger partial charge in [0.15, 0.2) is 0 Å². The summed E-state index contributed by atoms with van der Waals surface area (Å²) in [5.41, 5.74) is 0.905. The Balaban J connectivity index is 1.93. The Morgan fingerprint density at radius 1 is 1.16 bits per heavy atom. The Hall–Kier alpha value is -3.11. The Morgan fingerprint density at radius 2 is 1.84 bits per heavy atom. The van der Waals surface area contributed by atoms with Gasteiger partial charge in [-0.05, 0) is 37.1 Å². The molecule has 0 bridgehead atoms. The van der Waals surface area contributed by atoms with Crippen LogP contribution in [0.5, 0.6) is 5.88 Å². The number of carbonyl (C=O) groups excluding carboxylic acids is 1. The summed E-state index contributed by atoms with van der Waals surface area (Å²) in [4.78, 5) is 26.6. The van der Waals surface area contributed by atoms with Gasteiger partial charge in [0.25, 0.3) is 5.56 Å². The first-order valence-corrected chi connectivity index (χ1v) is 11.1. The third kappa shape index (κ3) is 3.59. The summed E-state index contributed by atoms with van der Waals surface area (Å²) in [6, 6.07) is 14.5. The molecule has 0 aliphatic heterocycles. The molecule has 2 aromatic carbocycles. The molecule has 2 heterocycles. The van der Waals surface area contributed by atoms with Crippen molar-refractivity contribution in [2.75, 3.05) is 0 Å². The molecule has 0 radical (unpaired) electrons. The number of aryl methyl sites for hydroxylation is 1. The number of halogens is 2. The van der Waals surface area contributed by atoms with Crippen LogP contribution < -0.4 is 5.56 Å². The molecule has 0 saturated heterocycles. The van der Waals surface area contributed by atoms with E-state index >= 15 is 0 Å². The van der Waals surface area contributed by atoms with Crippen LogP contribution in [0.1, 0.15) is 37.5 Å². The van der Waals surface area contributed by atoms with E-state index in [1.165, 1.54) is 6.92 Å². The molecule has 160 valence electrons. The number of benzene rings is 2. The number of ketones is 1. The number of hydrogen-bond donors (Lipinski definition) is 1. The Labute approximate surface area is 197 Å². The van der Waals surface area contributed by atoms with Crippen molar-refractivity contribution >= 4 is 50.4 Å². The Kier molecular flexibility index (Phi) is 5.83. The fourth-order valence-electron chi connectivity index (χ4n) is 3.58. The molecular weight excluding hydrogens is 467 g/mol. The number of nitrogens with zero attached hydrogens (tertiary/aromatic N) is 2. The van der Waals surface area contributed by atoms with E-state index in [-0.39, 0.29) is 33.1 Å². The summed E-state index contributed by atoms with van der Waals surface area (Å²) >= 11 is 13.9. The standard InChI is InChI=1S/C24H16Cl2N2O3S/c1-12-6-8-14(9-7-12)11-28-23(30)15(10-27)13(2)18(24(28)31)21(29)22-20(26)19-16(25)4-3-5-17(19)32-22/h3-9,31H,11H2,1-2H3. The van der Waals surface area contributed by atoms with Crippen LogP contribution in [0.3, 0.4) is 0 Å². The molecule has 0 amide bonds. The van der Waals surface area contributed by atoms with Gasteiger partial charge in [-0.25, -0.2) is 0 Å². The lowest BCUT2D eigenvalue weighted by Crippen LogP contribution is -2.27. The minimum Gasteiger partial charge on any atom is -0.494 e. The molecule has 32 heavy (non-hydrogen) atoms.